The Hall–Kier alpha value is -0.820. The van der Waals surface area contributed by atoms with Gasteiger partial charge in [-0.3, -0.25) is 4.79 Å². The first-order valence-corrected chi connectivity index (χ1v) is 6.39. The Kier molecular flexibility index (Phi) is 6.06. The molecule has 1 fully saturated rings. The molecular formula is C12H20F3NO3. The van der Waals surface area contributed by atoms with E-state index < -0.39 is 18.9 Å². The van der Waals surface area contributed by atoms with Crippen molar-refractivity contribution < 1.29 is 27.8 Å². The van der Waals surface area contributed by atoms with E-state index in [9.17, 15) is 23.1 Å². The monoisotopic (exact) mass is 283 g/mol. The van der Waals surface area contributed by atoms with E-state index in [4.69, 9.17) is 0 Å². The van der Waals surface area contributed by atoms with Gasteiger partial charge in [-0.2, -0.15) is 13.2 Å². The lowest BCUT2D eigenvalue weighted by atomic mass is 9.91. The molecule has 1 rings (SSSR count). The van der Waals surface area contributed by atoms with Crippen LogP contribution in [0, 0.1) is 0 Å². The molecule has 7 heteroatoms. The van der Waals surface area contributed by atoms with Crippen LogP contribution in [0.15, 0.2) is 0 Å². The zero-order valence-corrected chi connectivity index (χ0v) is 10.9. The molecule has 19 heavy (non-hydrogen) atoms. The van der Waals surface area contributed by atoms with Gasteiger partial charge in [0.2, 0.25) is 5.91 Å². The summed E-state index contributed by atoms with van der Waals surface area (Å²) in [7, 11) is 1.57. The molecule has 4 nitrogen and oxygen atoms in total. The largest absolute Gasteiger partial charge is 0.411 e. The minimum Gasteiger partial charge on any atom is -0.391 e. The van der Waals surface area contributed by atoms with Crippen LogP contribution in [0.1, 0.15) is 32.1 Å². The van der Waals surface area contributed by atoms with Crippen molar-refractivity contribution in [1.82, 2.24) is 4.90 Å². The lowest BCUT2D eigenvalue weighted by Gasteiger charge is -2.35. The van der Waals surface area contributed by atoms with Crippen molar-refractivity contribution in [3.05, 3.63) is 0 Å². The number of amides is 1. The standard InChI is InChI=1S/C12H20F3NO3/c1-16(9-4-2-3-5-10(9)17)11(18)6-7-19-8-12(13,14)15/h9-10,17H,2-8H2,1H3. The number of alkyl halides is 3. The number of rotatable bonds is 5. The van der Waals surface area contributed by atoms with Crippen molar-refractivity contribution in [2.24, 2.45) is 0 Å². The van der Waals surface area contributed by atoms with Gasteiger partial charge in [0.05, 0.1) is 25.2 Å². The average molecular weight is 283 g/mol. The number of halogens is 3. The predicted octanol–water partition coefficient (Wildman–Crippen LogP) is 1.72. The van der Waals surface area contributed by atoms with Gasteiger partial charge >= 0.3 is 6.18 Å². The number of aliphatic hydroxyl groups is 1. The molecule has 2 unspecified atom stereocenters. The van der Waals surface area contributed by atoms with E-state index in [-0.39, 0.29) is 25.0 Å². The normalized spacial score (nSPS) is 24.3. The van der Waals surface area contributed by atoms with E-state index in [1.807, 2.05) is 0 Å². The molecule has 0 radical (unpaired) electrons. The molecule has 0 aromatic heterocycles. The molecule has 0 heterocycles. The lowest BCUT2D eigenvalue weighted by molar-refractivity contribution is -0.175. The number of hydrogen-bond donors (Lipinski definition) is 1. The minimum atomic E-state index is -4.37. The zero-order chi connectivity index (χ0) is 14.5. The van der Waals surface area contributed by atoms with E-state index >= 15 is 0 Å². The number of ether oxygens (including phenoxy) is 1. The van der Waals surface area contributed by atoms with Gasteiger partial charge in [0.15, 0.2) is 0 Å². The number of carbonyl (C=O) groups is 1. The van der Waals surface area contributed by atoms with Crippen molar-refractivity contribution in [2.45, 2.75) is 50.4 Å². The van der Waals surface area contributed by atoms with Gasteiger partial charge in [0.1, 0.15) is 6.61 Å². The smallest absolute Gasteiger partial charge is 0.391 e. The van der Waals surface area contributed by atoms with Gasteiger partial charge in [0, 0.05) is 7.05 Å². The van der Waals surface area contributed by atoms with E-state index in [0.29, 0.717) is 6.42 Å². The fraction of sp³-hybridized carbons (Fsp3) is 0.917. The third-order valence-electron chi connectivity index (χ3n) is 3.31. The van der Waals surface area contributed by atoms with Gasteiger partial charge in [-0.25, -0.2) is 0 Å². The van der Waals surface area contributed by atoms with Crippen LogP contribution in [-0.2, 0) is 9.53 Å². The number of carbonyl (C=O) groups excluding carboxylic acids is 1. The highest BCUT2D eigenvalue weighted by molar-refractivity contribution is 5.76. The molecular weight excluding hydrogens is 263 g/mol. The summed E-state index contributed by atoms with van der Waals surface area (Å²) in [6.07, 6.45) is -1.73. The van der Waals surface area contributed by atoms with Crippen LogP contribution in [0.2, 0.25) is 0 Å². The van der Waals surface area contributed by atoms with Crippen molar-refractivity contribution in [1.29, 1.82) is 0 Å². The van der Waals surface area contributed by atoms with E-state index in [2.05, 4.69) is 4.74 Å². The first kappa shape index (κ1) is 16.2. The average Bonchev–Trinajstić information content (AvgIpc) is 2.33. The highest BCUT2D eigenvalue weighted by Gasteiger charge is 2.30. The molecule has 0 saturated heterocycles. The van der Waals surface area contributed by atoms with Crippen LogP contribution >= 0.6 is 0 Å². The maximum atomic E-state index is 11.8. The molecule has 1 aliphatic carbocycles. The van der Waals surface area contributed by atoms with Crippen molar-refractivity contribution >= 4 is 5.91 Å². The number of likely N-dealkylation sites (N-methyl/N-ethyl adjacent to an activating group) is 1. The van der Waals surface area contributed by atoms with Crippen LogP contribution in [-0.4, -0.2) is 54.5 Å². The second kappa shape index (κ2) is 7.09. The molecule has 2 atom stereocenters. The molecule has 0 bridgehead atoms. The van der Waals surface area contributed by atoms with E-state index in [0.717, 1.165) is 19.3 Å². The van der Waals surface area contributed by atoms with Gasteiger partial charge in [-0.1, -0.05) is 12.8 Å². The number of aliphatic hydroxyl groups excluding tert-OH is 1. The second-order valence-electron chi connectivity index (χ2n) is 4.84. The SMILES string of the molecule is CN(C(=O)CCOCC(F)(F)F)C1CCCCC1O. The topological polar surface area (TPSA) is 49.8 Å². The summed E-state index contributed by atoms with van der Waals surface area (Å²) in [4.78, 5) is 13.2. The van der Waals surface area contributed by atoms with Crippen LogP contribution in [0.5, 0.6) is 0 Å². The van der Waals surface area contributed by atoms with Crippen molar-refractivity contribution in [3.8, 4) is 0 Å². The fourth-order valence-corrected chi connectivity index (χ4v) is 2.25. The number of nitrogens with zero attached hydrogens (tertiary/aromatic N) is 1. The molecule has 1 saturated carbocycles. The third-order valence-corrected chi connectivity index (χ3v) is 3.31. The summed E-state index contributed by atoms with van der Waals surface area (Å²) in [5.41, 5.74) is 0. The molecule has 1 amide bonds. The van der Waals surface area contributed by atoms with E-state index in [1.54, 1.807) is 7.05 Å². The quantitative estimate of drug-likeness (QED) is 0.782. The zero-order valence-electron chi connectivity index (χ0n) is 10.9. The highest BCUT2D eigenvalue weighted by atomic mass is 19.4. The highest BCUT2D eigenvalue weighted by Crippen LogP contribution is 2.22. The summed E-state index contributed by atoms with van der Waals surface area (Å²) in [5.74, 6) is -0.298. The van der Waals surface area contributed by atoms with Crippen molar-refractivity contribution in [3.63, 3.8) is 0 Å². The first-order chi connectivity index (χ1) is 8.81. The van der Waals surface area contributed by atoms with Gasteiger partial charge in [-0.15, -0.1) is 0 Å². The summed E-state index contributed by atoms with van der Waals surface area (Å²) in [6, 6.07) is -0.233. The Bertz CT molecular complexity index is 296. The Morgan fingerprint density at radius 2 is 2.00 bits per heavy atom. The van der Waals surface area contributed by atoms with Gasteiger partial charge < -0.3 is 14.7 Å². The third kappa shape index (κ3) is 5.78. The van der Waals surface area contributed by atoms with E-state index in [1.165, 1.54) is 4.90 Å². The summed E-state index contributed by atoms with van der Waals surface area (Å²) in [5, 5.41) is 9.79. The summed E-state index contributed by atoms with van der Waals surface area (Å²) < 4.78 is 39.9. The maximum absolute atomic E-state index is 11.8. The molecule has 0 aromatic rings. The first-order valence-electron chi connectivity index (χ1n) is 6.39. The molecule has 0 spiro atoms. The van der Waals surface area contributed by atoms with Crippen LogP contribution in [0.3, 0.4) is 0 Å². The summed E-state index contributed by atoms with van der Waals surface area (Å²) >= 11 is 0. The van der Waals surface area contributed by atoms with Gasteiger partial charge in [0.25, 0.3) is 0 Å². The Morgan fingerprint density at radius 1 is 1.37 bits per heavy atom. The lowest BCUT2D eigenvalue weighted by Crippen LogP contribution is -2.46. The fourth-order valence-electron chi connectivity index (χ4n) is 2.25. The molecule has 0 aromatic carbocycles. The Labute approximate surface area is 110 Å². The Morgan fingerprint density at radius 3 is 2.58 bits per heavy atom. The van der Waals surface area contributed by atoms with Crippen LogP contribution in [0.4, 0.5) is 13.2 Å². The second-order valence-corrected chi connectivity index (χ2v) is 4.84. The van der Waals surface area contributed by atoms with Crippen LogP contribution < -0.4 is 0 Å². The van der Waals surface area contributed by atoms with Crippen LogP contribution in [0.25, 0.3) is 0 Å². The number of hydrogen-bond acceptors (Lipinski definition) is 3. The van der Waals surface area contributed by atoms with Gasteiger partial charge in [-0.05, 0) is 12.8 Å². The Balaban J connectivity index is 2.28. The summed E-state index contributed by atoms with van der Waals surface area (Å²) in [6.45, 7) is -1.60. The van der Waals surface area contributed by atoms with Crippen molar-refractivity contribution in [2.75, 3.05) is 20.3 Å². The minimum absolute atomic E-state index is 0.101. The maximum Gasteiger partial charge on any atom is 0.411 e. The molecule has 0 aliphatic heterocycles. The molecule has 112 valence electrons. The molecule has 1 aliphatic rings. The predicted molar refractivity (Wildman–Crippen MR) is 62.5 cm³/mol. The molecule has 1 N–H and O–H groups in total.